The molecule has 0 aliphatic carbocycles. The monoisotopic (exact) mass is 384 g/mol. The fourth-order valence-electron chi connectivity index (χ4n) is 3.27. The molecule has 2 heterocycles. The zero-order chi connectivity index (χ0) is 19.1. The number of amides is 1. The number of hydrogen-bond donors (Lipinski definition) is 1. The molecule has 27 heavy (non-hydrogen) atoms. The first-order valence-electron chi connectivity index (χ1n) is 9.41. The molecular weight excluding hydrogens is 356 g/mol. The summed E-state index contributed by atoms with van der Waals surface area (Å²) in [6.07, 6.45) is 2.24. The highest BCUT2D eigenvalue weighted by atomic mass is 32.1. The molecule has 1 amide bonds. The number of benzene rings is 1. The highest BCUT2D eigenvalue weighted by molar-refractivity contribution is 7.09. The highest BCUT2D eigenvalue weighted by Crippen LogP contribution is 2.21. The standard InChI is InChI=1S/C21H28N4OS/c1-24(2)20(26)15-23-21(22-14-19-9-6-12-27-19)25-11-10-18(16-25)13-17-7-4-3-5-8-17/h3-9,12,18H,10-11,13-16H2,1-2H3,(H,22,23). The summed E-state index contributed by atoms with van der Waals surface area (Å²) in [6, 6.07) is 14.8. The molecule has 0 bridgehead atoms. The number of rotatable bonds is 6. The van der Waals surface area contributed by atoms with Gasteiger partial charge in [-0.1, -0.05) is 36.4 Å². The number of aliphatic imine (C=N–C) groups is 1. The molecular formula is C21H28N4OS. The Labute approximate surface area is 165 Å². The molecule has 1 unspecified atom stereocenters. The third-order valence-electron chi connectivity index (χ3n) is 4.82. The smallest absolute Gasteiger partial charge is 0.243 e. The summed E-state index contributed by atoms with van der Waals surface area (Å²) < 4.78 is 0. The molecule has 1 aromatic heterocycles. The zero-order valence-electron chi connectivity index (χ0n) is 16.1. The van der Waals surface area contributed by atoms with Crippen molar-refractivity contribution in [3.63, 3.8) is 0 Å². The molecule has 6 heteroatoms. The number of nitrogens with zero attached hydrogens (tertiary/aromatic N) is 3. The summed E-state index contributed by atoms with van der Waals surface area (Å²) in [5, 5.41) is 5.54. The minimum Gasteiger partial charge on any atom is -0.351 e. The van der Waals surface area contributed by atoms with Gasteiger partial charge < -0.3 is 15.1 Å². The Bertz CT molecular complexity index is 743. The number of likely N-dealkylation sites (N-methyl/N-ethyl adjacent to an activating group) is 1. The first-order valence-corrected chi connectivity index (χ1v) is 10.3. The van der Waals surface area contributed by atoms with Crippen molar-refractivity contribution >= 4 is 23.2 Å². The maximum Gasteiger partial charge on any atom is 0.243 e. The quantitative estimate of drug-likeness (QED) is 0.615. The lowest BCUT2D eigenvalue weighted by molar-refractivity contribution is -0.127. The average Bonchev–Trinajstić information content (AvgIpc) is 3.34. The van der Waals surface area contributed by atoms with Gasteiger partial charge in [0.15, 0.2) is 5.96 Å². The summed E-state index contributed by atoms with van der Waals surface area (Å²) >= 11 is 1.73. The van der Waals surface area contributed by atoms with Crippen molar-refractivity contribution < 1.29 is 4.79 Å². The van der Waals surface area contributed by atoms with Gasteiger partial charge in [0.2, 0.25) is 5.91 Å². The molecule has 1 fully saturated rings. The second-order valence-electron chi connectivity index (χ2n) is 7.15. The predicted molar refractivity (Wildman–Crippen MR) is 112 cm³/mol. The third-order valence-corrected chi connectivity index (χ3v) is 5.69. The van der Waals surface area contributed by atoms with Gasteiger partial charge in [0, 0.05) is 32.1 Å². The van der Waals surface area contributed by atoms with Gasteiger partial charge >= 0.3 is 0 Å². The maximum absolute atomic E-state index is 12.0. The molecule has 144 valence electrons. The van der Waals surface area contributed by atoms with Crippen LogP contribution in [-0.2, 0) is 17.8 Å². The predicted octanol–water partition coefficient (Wildman–Crippen LogP) is 2.85. The summed E-state index contributed by atoms with van der Waals surface area (Å²) in [6.45, 7) is 2.87. The number of hydrogen-bond acceptors (Lipinski definition) is 3. The summed E-state index contributed by atoms with van der Waals surface area (Å²) in [5.74, 6) is 1.48. The van der Waals surface area contributed by atoms with E-state index in [2.05, 4.69) is 63.1 Å². The maximum atomic E-state index is 12.0. The topological polar surface area (TPSA) is 47.9 Å². The largest absolute Gasteiger partial charge is 0.351 e. The van der Waals surface area contributed by atoms with Crippen molar-refractivity contribution in [3.8, 4) is 0 Å². The summed E-state index contributed by atoms with van der Waals surface area (Å²) in [5.41, 5.74) is 1.39. The Hall–Kier alpha value is -2.34. The molecule has 2 aromatic rings. The van der Waals surface area contributed by atoms with Crippen molar-refractivity contribution in [2.24, 2.45) is 10.9 Å². The van der Waals surface area contributed by atoms with Gasteiger partial charge in [-0.2, -0.15) is 0 Å². The van der Waals surface area contributed by atoms with E-state index < -0.39 is 0 Å². The lowest BCUT2D eigenvalue weighted by atomic mass is 9.99. The second-order valence-corrected chi connectivity index (χ2v) is 8.18. The van der Waals surface area contributed by atoms with E-state index in [9.17, 15) is 4.79 Å². The molecule has 1 atom stereocenters. The number of carbonyl (C=O) groups excluding carboxylic acids is 1. The van der Waals surface area contributed by atoms with Gasteiger partial charge in [-0.3, -0.25) is 4.79 Å². The van der Waals surface area contributed by atoms with Crippen LogP contribution in [0.15, 0.2) is 52.8 Å². The molecule has 1 aromatic carbocycles. The minimum atomic E-state index is 0.0189. The number of likely N-dealkylation sites (tertiary alicyclic amines) is 1. The normalized spacial score (nSPS) is 17.2. The van der Waals surface area contributed by atoms with E-state index in [1.54, 1.807) is 30.3 Å². The molecule has 1 aliphatic heterocycles. The molecule has 5 nitrogen and oxygen atoms in total. The lowest BCUT2D eigenvalue weighted by Crippen LogP contribution is -2.40. The van der Waals surface area contributed by atoms with Crippen LogP contribution in [0.1, 0.15) is 16.9 Å². The first kappa shape index (κ1) is 19.4. The number of thiophene rings is 1. The molecule has 3 rings (SSSR count). The lowest BCUT2D eigenvalue weighted by Gasteiger charge is -2.22. The third kappa shape index (κ3) is 5.82. The van der Waals surface area contributed by atoms with Crippen LogP contribution in [0.4, 0.5) is 0 Å². The van der Waals surface area contributed by atoms with Crippen molar-refractivity contribution in [1.29, 1.82) is 0 Å². The van der Waals surface area contributed by atoms with Gasteiger partial charge in [-0.15, -0.1) is 11.3 Å². The molecule has 1 saturated heterocycles. The first-order chi connectivity index (χ1) is 13.1. The fraction of sp³-hybridized carbons (Fsp3) is 0.429. The van der Waals surface area contributed by atoms with Gasteiger partial charge in [-0.25, -0.2) is 4.99 Å². The van der Waals surface area contributed by atoms with E-state index in [4.69, 9.17) is 0 Å². The van der Waals surface area contributed by atoms with E-state index in [0.29, 0.717) is 5.92 Å². The van der Waals surface area contributed by atoms with E-state index in [-0.39, 0.29) is 12.5 Å². The highest BCUT2D eigenvalue weighted by Gasteiger charge is 2.25. The van der Waals surface area contributed by atoms with E-state index in [1.165, 1.54) is 10.4 Å². The molecule has 0 spiro atoms. The van der Waals surface area contributed by atoms with Crippen LogP contribution in [0, 0.1) is 5.92 Å². The zero-order valence-corrected chi connectivity index (χ0v) is 16.9. The van der Waals surface area contributed by atoms with E-state index >= 15 is 0 Å². The summed E-state index contributed by atoms with van der Waals surface area (Å²) in [4.78, 5) is 21.7. The van der Waals surface area contributed by atoms with Gasteiger partial charge in [0.25, 0.3) is 0 Å². The molecule has 0 radical (unpaired) electrons. The van der Waals surface area contributed by atoms with Crippen molar-refractivity contribution in [3.05, 3.63) is 58.3 Å². The van der Waals surface area contributed by atoms with Crippen LogP contribution in [0.2, 0.25) is 0 Å². The summed E-state index contributed by atoms with van der Waals surface area (Å²) in [7, 11) is 3.53. The van der Waals surface area contributed by atoms with Gasteiger partial charge in [-0.05, 0) is 35.8 Å². The average molecular weight is 385 g/mol. The van der Waals surface area contributed by atoms with Gasteiger partial charge in [0.1, 0.15) is 6.54 Å². The van der Waals surface area contributed by atoms with Crippen LogP contribution in [0.3, 0.4) is 0 Å². The SMILES string of the molecule is CN(C)C(=O)CN=C(NCc1cccs1)N1CCC(Cc2ccccc2)C1. The van der Waals surface area contributed by atoms with Crippen molar-refractivity contribution in [2.75, 3.05) is 33.7 Å². The number of carbonyl (C=O) groups is 1. The van der Waals surface area contributed by atoms with Crippen LogP contribution in [-0.4, -0.2) is 55.4 Å². The minimum absolute atomic E-state index is 0.0189. The Morgan fingerprint density at radius 1 is 1.26 bits per heavy atom. The number of nitrogens with one attached hydrogen (secondary N) is 1. The Kier molecular flexibility index (Phi) is 6.87. The van der Waals surface area contributed by atoms with Crippen LogP contribution < -0.4 is 5.32 Å². The van der Waals surface area contributed by atoms with Crippen LogP contribution >= 0.6 is 11.3 Å². The molecule has 0 saturated carbocycles. The Balaban J connectivity index is 1.62. The Morgan fingerprint density at radius 3 is 2.78 bits per heavy atom. The van der Waals surface area contributed by atoms with Crippen LogP contribution in [0.5, 0.6) is 0 Å². The van der Waals surface area contributed by atoms with Crippen LogP contribution in [0.25, 0.3) is 0 Å². The Morgan fingerprint density at radius 2 is 2.07 bits per heavy atom. The van der Waals surface area contributed by atoms with Crippen molar-refractivity contribution in [2.45, 2.75) is 19.4 Å². The van der Waals surface area contributed by atoms with E-state index in [1.807, 2.05) is 0 Å². The van der Waals surface area contributed by atoms with E-state index in [0.717, 1.165) is 38.4 Å². The molecule has 1 aliphatic rings. The fourth-order valence-corrected chi connectivity index (χ4v) is 3.91. The van der Waals surface area contributed by atoms with Gasteiger partial charge in [0.05, 0.1) is 6.54 Å². The second kappa shape index (κ2) is 9.55. The molecule has 1 N–H and O–H groups in total. The van der Waals surface area contributed by atoms with Crippen molar-refractivity contribution in [1.82, 2.24) is 15.1 Å². The number of guanidine groups is 1.